The lowest BCUT2D eigenvalue weighted by molar-refractivity contribution is -0.117. The van der Waals surface area contributed by atoms with Gasteiger partial charge in [-0.3, -0.25) is 9.69 Å². The first-order valence-corrected chi connectivity index (χ1v) is 4.91. The zero-order valence-electron chi connectivity index (χ0n) is 8.08. The van der Waals surface area contributed by atoms with E-state index in [2.05, 4.69) is 12.2 Å². The van der Waals surface area contributed by atoms with Gasteiger partial charge in [0, 0.05) is 6.42 Å². The third-order valence-corrected chi connectivity index (χ3v) is 3.12. The summed E-state index contributed by atoms with van der Waals surface area (Å²) in [5.74, 6) is 0.227. The molecule has 3 nitrogen and oxygen atoms in total. The zero-order chi connectivity index (χ0) is 9.76. The van der Waals surface area contributed by atoms with Crippen LogP contribution >= 0.6 is 0 Å². The number of hydrogen-bond donors (Lipinski definition) is 1. The molecule has 0 aromatic heterocycles. The Morgan fingerprint density at radius 2 is 2.21 bits per heavy atom. The Morgan fingerprint density at radius 3 is 3.07 bits per heavy atom. The van der Waals surface area contributed by atoms with Gasteiger partial charge in [-0.05, 0) is 25.5 Å². The minimum atomic E-state index is -0.180. The van der Waals surface area contributed by atoms with Crippen LogP contribution in [0.1, 0.15) is 19.8 Å². The molecule has 0 bridgehead atoms. The minimum Gasteiger partial charge on any atom is -0.361 e. The van der Waals surface area contributed by atoms with Crippen molar-refractivity contribution < 1.29 is 4.79 Å². The molecule has 2 aliphatic rings. The number of nitrogens with zero attached hydrogens (tertiary/aromatic N) is 1. The standard InChI is InChI=1S/C11H12N2O/c1-11-7-6-10(14)13(11)9-5-3-2-4-8(9)12-11/h2-5,12H,6-7H2,1H3/t11-/m1/s1. The second-order valence-electron chi connectivity index (χ2n) is 4.15. The van der Waals surface area contributed by atoms with Crippen LogP contribution < -0.4 is 10.2 Å². The predicted octanol–water partition coefficient (Wildman–Crippen LogP) is 1.96. The summed E-state index contributed by atoms with van der Waals surface area (Å²) in [6.07, 6.45) is 1.54. The Morgan fingerprint density at radius 1 is 1.43 bits per heavy atom. The van der Waals surface area contributed by atoms with Crippen LogP contribution in [0.4, 0.5) is 11.4 Å². The molecule has 1 aromatic carbocycles. The summed E-state index contributed by atoms with van der Waals surface area (Å²) in [5.41, 5.74) is 1.92. The first-order valence-electron chi connectivity index (χ1n) is 4.91. The molecule has 1 fully saturated rings. The predicted molar refractivity (Wildman–Crippen MR) is 55.2 cm³/mol. The van der Waals surface area contributed by atoms with Crippen LogP contribution in [0, 0.1) is 0 Å². The molecule has 0 spiro atoms. The summed E-state index contributed by atoms with van der Waals surface area (Å²) in [5, 5.41) is 3.41. The van der Waals surface area contributed by atoms with Crippen LogP contribution in [0.3, 0.4) is 0 Å². The molecule has 1 N–H and O–H groups in total. The van der Waals surface area contributed by atoms with E-state index in [-0.39, 0.29) is 11.6 Å². The third kappa shape index (κ3) is 0.794. The van der Waals surface area contributed by atoms with Crippen molar-refractivity contribution in [3.8, 4) is 0 Å². The number of rotatable bonds is 0. The molecule has 0 radical (unpaired) electrons. The fraction of sp³-hybridized carbons (Fsp3) is 0.364. The Hall–Kier alpha value is -1.51. The van der Waals surface area contributed by atoms with Crippen molar-refractivity contribution in [3.63, 3.8) is 0 Å². The van der Waals surface area contributed by atoms with Crippen molar-refractivity contribution in [2.24, 2.45) is 0 Å². The van der Waals surface area contributed by atoms with E-state index in [0.717, 1.165) is 17.8 Å². The van der Waals surface area contributed by atoms with E-state index >= 15 is 0 Å². The van der Waals surface area contributed by atoms with Crippen LogP contribution in [0.2, 0.25) is 0 Å². The molecule has 14 heavy (non-hydrogen) atoms. The van der Waals surface area contributed by atoms with Crippen molar-refractivity contribution in [3.05, 3.63) is 24.3 Å². The molecule has 2 heterocycles. The van der Waals surface area contributed by atoms with Crippen LogP contribution in [0.15, 0.2) is 24.3 Å². The lowest BCUT2D eigenvalue weighted by Crippen LogP contribution is -2.44. The number of carbonyl (C=O) groups is 1. The van der Waals surface area contributed by atoms with Crippen molar-refractivity contribution in [2.75, 3.05) is 10.2 Å². The molecule has 2 aliphatic heterocycles. The smallest absolute Gasteiger partial charge is 0.229 e. The first-order chi connectivity index (χ1) is 6.71. The number of amides is 1. The first kappa shape index (κ1) is 7.85. The average molecular weight is 188 g/mol. The largest absolute Gasteiger partial charge is 0.361 e. The van der Waals surface area contributed by atoms with Crippen LogP contribution in [-0.4, -0.2) is 11.6 Å². The average Bonchev–Trinajstić information content (AvgIpc) is 2.60. The van der Waals surface area contributed by atoms with Crippen molar-refractivity contribution in [2.45, 2.75) is 25.4 Å². The fourth-order valence-corrected chi connectivity index (χ4v) is 2.43. The maximum atomic E-state index is 11.7. The highest BCUT2D eigenvalue weighted by molar-refractivity contribution is 6.03. The topological polar surface area (TPSA) is 32.3 Å². The van der Waals surface area contributed by atoms with Gasteiger partial charge < -0.3 is 5.32 Å². The van der Waals surface area contributed by atoms with Crippen LogP contribution in [-0.2, 0) is 4.79 Å². The van der Waals surface area contributed by atoms with E-state index in [4.69, 9.17) is 0 Å². The second kappa shape index (κ2) is 2.29. The van der Waals surface area contributed by atoms with E-state index in [1.807, 2.05) is 29.2 Å². The number of hydrogen-bond acceptors (Lipinski definition) is 2. The summed E-state index contributed by atoms with van der Waals surface area (Å²) in [6.45, 7) is 2.08. The summed E-state index contributed by atoms with van der Waals surface area (Å²) in [7, 11) is 0. The van der Waals surface area contributed by atoms with Gasteiger partial charge in [-0.2, -0.15) is 0 Å². The summed E-state index contributed by atoms with van der Waals surface area (Å²) in [6, 6.07) is 7.97. The molecule has 1 atom stereocenters. The van der Waals surface area contributed by atoms with E-state index < -0.39 is 0 Å². The van der Waals surface area contributed by atoms with Crippen molar-refractivity contribution in [1.29, 1.82) is 0 Å². The lowest BCUT2D eigenvalue weighted by atomic mass is 10.1. The summed E-state index contributed by atoms with van der Waals surface area (Å²) >= 11 is 0. The van der Waals surface area contributed by atoms with Gasteiger partial charge in [0.15, 0.2) is 0 Å². The number of anilines is 2. The monoisotopic (exact) mass is 188 g/mol. The number of para-hydroxylation sites is 2. The number of carbonyl (C=O) groups excluding carboxylic acids is 1. The van der Waals surface area contributed by atoms with Gasteiger partial charge in [0.2, 0.25) is 5.91 Å². The van der Waals surface area contributed by atoms with E-state index in [1.165, 1.54) is 0 Å². The molecule has 1 amide bonds. The highest BCUT2D eigenvalue weighted by atomic mass is 16.2. The third-order valence-electron chi connectivity index (χ3n) is 3.12. The summed E-state index contributed by atoms with van der Waals surface area (Å²) in [4.78, 5) is 13.6. The molecule has 0 saturated carbocycles. The summed E-state index contributed by atoms with van der Waals surface area (Å²) < 4.78 is 0. The number of fused-ring (bicyclic) bond motifs is 3. The van der Waals surface area contributed by atoms with Gasteiger partial charge in [-0.25, -0.2) is 0 Å². The van der Waals surface area contributed by atoms with Crippen LogP contribution in [0.5, 0.6) is 0 Å². The molecule has 0 unspecified atom stereocenters. The quantitative estimate of drug-likeness (QED) is 0.675. The van der Waals surface area contributed by atoms with E-state index in [1.54, 1.807) is 0 Å². The van der Waals surface area contributed by atoms with Gasteiger partial charge in [-0.1, -0.05) is 12.1 Å². The lowest BCUT2D eigenvalue weighted by Gasteiger charge is -2.27. The Bertz CT molecular complexity index is 416. The second-order valence-corrected chi connectivity index (χ2v) is 4.15. The Kier molecular flexibility index (Phi) is 1.29. The Balaban J connectivity index is 2.18. The minimum absolute atomic E-state index is 0.180. The molecule has 1 saturated heterocycles. The fourth-order valence-electron chi connectivity index (χ4n) is 2.43. The van der Waals surface area contributed by atoms with Crippen molar-refractivity contribution in [1.82, 2.24) is 0 Å². The van der Waals surface area contributed by atoms with Gasteiger partial charge in [-0.15, -0.1) is 0 Å². The number of nitrogens with one attached hydrogen (secondary N) is 1. The molecule has 3 heteroatoms. The molecular formula is C11H12N2O. The highest BCUT2D eigenvalue weighted by Crippen LogP contribution is 2.45. The van der Waals surface area contributed by atoms with Gasteiger partial charge in [0.1, 0.15) is 5.66 Å². The number of benzene rings is 1. The van der Waals surface area contributed by atoms with E-state index in [0.29, 0.717) is 6.42 Å². The van der Waals surface area contributed by atoms with Gasteiger partial charge in [0.05, 0.1) is 11.4 Å². The zero-order valence-corrected chi connectivity index (χ0v) is 8.08. The Labute approximate surface area is 82.7 Å². The SMILES string of the molecule is C[C@]12CCC(=O)N1c1ccccc1N2. The van der Waals surface area contributed by atoms with Gasteiger partial charge in [0.25, 0.3) is 0 Å². The normalized spacial score (nSPS) is 28.6. The highest BCUT2D eigenvalue weighted by Gasteiger charge is 2.47. The maximum absolute atomic E-state index is 11.7. The maximum Gasteiger partial charge on any atom is 0.229 e. The molecular weight excluding hydrogens is 176 g/mol. The molecule has 0 aliphatic carbocycles. The molecule has 1 aromatic rings. The molecule has 3 rings (SSSR count). The van der Waals surface area contributed by atoms with E-state index in [9.17, 15) is 4.79 Å². The van der Waals surface area contributed by atoms with Gasteiger partial charge >= 0.3 is 0 Å². The van der Waals surface area contributed by atoms with Crippen molar-refractivity contribution >= 4 is 17.3 Å². The molecule has 72 valence electrons. The van der Waals surface area contributed by atoms with Crippen LogP contribution in [0.25, 0.3) is 0 Å².